The first kappa shape index (κ1) is 12.6. The van der Waals surface area contributed by atoms with E-state index in [0.717, 1.165) is 7.11 Å². The Morgan fingerprint density at radius 2 is 2.07 bits per heavy atom. The number of halogens is 1. The van der Waals surface area contributed by atoms with Crippen LogP contribution in [0.4, 0.5) is 4.39 Å². The lowest BCUT2D eigenvalue weighted by molar-refractivity contribution is -0.149. The van der Waals surface area contributed by atoms with Crippen LogP contribution in [0.1, 0.15) is 13.3 Å². The van der Waals surface area contributed by atoms with Crippen molar-refractivity contribution in [1.29, 1.82) is 0 Å². The second-order valence-electron chi connectivity index (χ2n) is 2.52. The fourth-order valence-electron chi connectivity index (χ4n) is 0.760. The summed E-state index contributed by atoms with van der Waals surface area (Å²) in [5.74, 6) is -1.71. The fraction of sp³-hybridized carbons (Fsp3) is 0.556. The van der Waals surface area contributed by atoms with E-state index in [2.05, 4.69) is 16.1 Å². The number of esters is 2. The highest BCUT2D eigenvalue weighted by Crippen LogP contribution is 2.09. The molecule has 0 spiro atoms. The predicted octanol–water partition coefficient (Wildman–Crippen LogP) is 1.01. The molecule has 0 fully saturated rings. The number of ether oxygens (including phenoxy) is 2. The first-order chi connectivity index (χ1) is 6.52. The van der Waals surface area contributed by atoms with Crippen molar-refractivity contribution >= 4 is 11.9 Å². The van der Waals surface area contributed by atoms with Crippen LogP contribution >= 0.6 is 0 Å². The van der Waals surface area contributed by atoms with Crippen LogP contribution in [-0.4, -0.2) is 31.8 Å². The summed E-state index contributed by atoms with van der Waals surface area (Å²) in [7, 11) is 1.16. The van der Waals surface area contributed by atoms with Gasteiger partial charge in [-0.2, -0.15) is 0 Å². The number of alkyl halides is 1. The topological polar surface area (TPSA) is 52.6 Å². The molecule has 0 aromatic carbocycles. The molecule has 0 radical (unpaired) electrons. The Morgan fingerprint density at radius 1 is 1.50 bits per heavy atom. The Morgan fingerprint density at radius 3 is 2.50 bits per heavy atom. The second-order valence-corrected chi connectivity index (χ2v) is 2.52. The van der Waals surface area contributed by atoms with E-state index in [9.17, 15) is 14.0 Å². The minimum atomic E-state index is -1.86. The highest BCUT2D eigenvalue weighted by Gasteiger charge is 2.22. The zero-order chi connectivity index (χ0) is 11.1. The average Bonchev–Trinajstić information content (AvgIpc) is 2.16. The lowest BCUT2D eigenvalue weighted by atomic mass is 10.1. The maximum absolute atomic E-state index is 13.0. The molecule has 0 aromatic heterocycles. The molecule has 0 N–H and O–H groups in total. The number of hydrogen-bond acceptors (Lipinski definition) is 4. The van der Waals surface area contributed by atoms with Gasteiger partial charge < -0.3 is 9.47 Å². The number of carbonyl (C=O) groups is 2. The smallest absolute Gasteiger partial charge is 0.341 e. The van der Waals surface area contributed by atoms with Crippen molar-refractivity contribution in [2.75, 3.05) is 13.7 Å². The summed E-state index contributed by atoms with van der Waals surface area (Å²) in [5.41, 5.74) is -0.0898. The highest BCUT2D eigenvalue weighted by atomic mass is 19.1. The summed E-state index contributed by atoms with van der Waals surface area (Å²) in [4.78, 5) is 21.6. The van der Waals surface area contributed by atoms with Gasteiger partial charge in [0, 0.05) is 12.0 Å². The molecule has 5 heteroatoms. The van der Waals surface area contributed by atoms with E-state index in [0.29, 0.717) is 0 Å². The molecular weight excluding hydrogens is 191 g/mol. The third-order valence-electron chi connectivity index (χ3n) is 1.44. The minimum Gasteiger partial charge on any atom is -0.466 e. The van der Waals surface area contributed by atoms with Crippen LogP contribution in [0.15, 0.2) is 12.2 Å². The van der Waals surface area contributed by atoms with Crippen molar-refractivity contribution in [2.24, 2.45) is 0 Å². The van der Waals surface area contributed by atoms with E-state index in [-0.39, 0.29) is 12.2 Å². The molecule has 0 amide bonds. The molecule has 1 atom stereocenters. The average molecular weight is 204 g/mol. The summed E-state index contributed by atoms with van der Waals surface area (Å²) in [6.45, 7) is 4.96. The summed E-state index contributed by atoms with van der Waals surface area (Å²) >= 11 is 0. The standard InChI is InChI=1S/C9H13FO4/c1-4-14-9(12)7(10)5-6(2)8(11)13-3/h7H,2,4-5H2,1,3H3. The van der Waals surface area contributed by atoms with Gasteiger partial charge in [0.2, 0.25) is 6.17 Å². The molecule has 0 saturated heterocycles. The lowest BCUT2D eigenvalue weighted by Crippen LogP contribution is -2.21. The van der Waals surface area contributed by atoms with E-state index in [1.165, 1.54) is 0 Å². The quantitative estimate of drug-likeness (QED) is 0.495. The zero-order valence-electron chi connectivity index (χ0n) is 8.21. The van der Waals surface area contributed by atoms with Gasteiger partial charge in [-0.15, -0.1) is 0 Å². The highest BCUT2D eigenvalue weighted by molar-refractivity contribution is 5.89. The van der Waals surface area contributed by atoms with Crippen molar-refractivity contribution in [2.45, 2.75) is 19.5 Å². The van der Waals surface area contributed by atoms with Crippen LogP contribution in [0, 0.1) is 0 Å². The first-order valence-corrected chi connectivity index (χ1v) is 4.09. The van der Waals surface area contributed by atoms with Gasteiger partial charge in [0.1, 0.15) is 0 Å². The van der Waals surface area contributed by atoms with Crippen LogP contribution in [0.25, 0.3) is 0 Å². The van der Waals surface area contributed by atoms with Gasteiger partial charge in [0.15, 0.2) is 0 Å². The summed E-state index contributed by atoms with van der Waals surface area (Å²) in [6, 6.07) is 0. The Labute approximate surface area is 81.7 Å². The van der Waals surface area contributed by atoms with Crippen LogP contribution in [0.3, 0.4) is 0 Å². The molecule has 0 bridgehead atoms. The molecular formula is C9H13FO4. The molecule has 0 rings (SSSR count). The SMILES string of the molecule is C=C(CC(F)C(=O)OCC)C(=O)OC. The molecule has 80 valence electrons. The second kappa shape index (κ2) is 6.12. The van der Waals surface area contributed by atoms with Gasteiger partial charge in [-0.05, 0) is 6.92 Å². The van der Waals surface area contributed by atoms with Gasteiger partial charge in [-0.3, -0.25) is 0 Å². The van der Waals surface area contributed by atoms with Gasteiger partial charge >= 0.3 is 11.9 Å². The van der Waals surface area contributed by atoms with Crippen molar-refractivity contribution < 1.29 is 23.5 Å². The third kappa shape index (κ3) is 4.02. The van der Waals surface area contributed by atoms with Crippen molar-refractivity contribution in [1.82, 2.24) is 0 Å². The van der Waals surface area contributed by atoms with Crippen LogP contribution in [0.2, 0.25) is 0 Å². The molecule has 0 heterocycles. The van der Waals surface area contributed by atoms with Gasteiger partial charge in [0.25, 0.3) is 0 Å². The van der Waals surface area contributed by atoms with E-state index in [1.54, 1.807) is 6.92 Å². The summed E-state index contributed by atoms with van der Waals surface area (Å²) in [6.07, 6.45) is -2.26. The first-order valence-electron chi connectivity index (χ1n) is 4.09. The minimum absolute atomic E-state index is 0.0898. The molecule has 14 heavy (non-hydrogen) atoms. The largest absolute Gasteiger partial charge is 0.466 e. The molecule has 0 aliphatic heterocycles. The Balaban J connectivity index is 4.05. The molecule has 1 unspecified atom stereocenters. The maximum Gasteiger partial charge on any atom is 0.341 e. The number of hydrogen-bond donors (Lipinski definition) is 0. The van der Waals surface area contributed by atoms with E-state index in [4.69, 9.17) is 0 Å². The maximum atomic E-state index is 13.0. The molecule has 0 aliphatic rings. The number of methoxy groups -OCH3 is 1. The van der Waals surface area contributed by atoms with Crippen LogP contribution < -0.4 is 0 Å². The predicted molar refractivity (Wildman–Crippen MR) is 47.3 cm³/mol. The normalized spacial score (nSPS) is 11.6. The number of carbonyl (C=O) groups excluding carboxylic acids is 2. The third-order valence-corrected chi connectivity index (χ3v) is 1.44. The van der Waals surface area contributed by atoms with Gasteiger partial charge in [-0.25, -0.2) is 14.0 Å². The monoisotopic (exact) mass is 204 g/mol. The Kier molecular flexibility index (Phi) is 5.52. The van der Waals surface area contributed by atoms with E-state index < -0.39 is 24.5 Å². The molecule has 0 aromatic rings. The van der Waals surface area contributed by atoms with Gasteiger partial charge in [-0.1, -0.05) is 6.58 Å². The van der Waals surface area contributed by atoms with Crippen molar-refractivity contribution in [3.8, 4) is 0 Å². The van der Waals surface area contributed by atoms with Crippen molar-refractivity contribution in [3.63, 3.8) is 0 Å². The molecule has 4 nitrogen and oxygen atoms in total. The molecule has 0 saturated carbocycles. The van der Waals surface area contributed by atoms with Gasteiger partial charge in [0.05, 0.1) is 13.7 Å². The Hall–Kier alpha value is -1.39. The summed E-state index contributed by atoms with van der Waals surface area (Å²) < 4.78 is 21.7. The van der Waals surface area contributed by atoms with E-state index in [1.807, 2.05) is 0 Å². The number of rotatable bonds is 5. The fourth-order valence-corrected chi connectivity index (χ4v) is 0.760. The Bertz CT molecular complexity index is 237. The lowest BCUT2D eigenvalue weighted by Gasteiger charge is -2.07. The van der Waals surface area contributed by atoms with Crippen LogP contribution in [0.5, 0.6) is 0 Å². The molecule has 0 aliphatic carbocycles. The summed E-state index contributed by atoms with van der Waals surface area (Å²) in [5, 5.41) is 0. The van der Waals surface area contributed by atoms with E-state index >= 15 is 0 Å². The zero-order valence-corrected chi connectivity index (χ0v) is 8.21. The van der Waals surface area contributed by atoms with Crippen molar-refractivity contribution in [3.05, 3.63) is 12.2 Å². The van der Waals surface area contributed by atoms with Crippen LogP contribution in [-0.2, 0) is 19.1 Å².